The molecule has 0 aliphatic heterocycles. The van der Waals surface area contributed by atoms with Gasteiger partial charge in [-0.15, -0.1) is 11.3 Å². The van der Waals surface area contributed by atoms with Crippen molar-refractivity contribution in [2.75, 3.05) is 11.9 Å². The van der Waals surface area contributed by atoms with Crippen LogP contribution in [-0.4, -0.2) is 18.5 Å². The van der Waals surface area contributed by atoms with Gasteiger partial charge in [-0.05, 0) is 18.6 Å². The lowest BCUT2D eigenvalue weighted by Gasteiger charge is -2.17. The van der Waals surface area contributed by atoms with Crippen molar-refractivity contribution in [3.05, 3.63) is 52.4 Å². The Balaban J connectivity index is 2.38. The van der Waals surface area contributed by atoms with Crippen molar-refractivity contribution in [1.82, 2.24) is 0 Å². The molecule has 0 spiro atoms. The Labute approximate surface area is 153 Å². The van der Waals surface area contributed by atoms with Crippen LogP contribution in [0.3, 0.4) is 0 Å². The second-order valence-electron chi connectivity index (χ2n) is 6.95. The molecule has 0 saturated heterocycles. The van der Waals surface area contributed by atoms with Gasteiger partial charge in [0, 0.05) is 16.2 Å². The van der Waals surface area contributed by atoms with Crippen molar-refractivity contribution in [2.24, 2.45) is 5.41 Å². The van der Waals surface area contributed by atoms with Crippen molar-refractivity contribution >= 4 is 28.2 Å². The Morgan fingerprint density at radius 2 is 1.84 bits per heavy atom. The first-order valence-corrected chi connectivity index (χ1v) is 9.23. The fraction of sp³-hybridized carbons (Fsp3) is 0.400. The summed E-state index contributed by atoms with van der Waals surface area (Å²) in [4.78, 5) is 25.7. The molecule has 4 nitrogen and oxygen atoms in total. The molecule has 1 N–H and O–H groups in total. The van der Waals surface area contributed by atoms with E-state index in [2.05, 4.69) is 24.4 Å². The minimum absolute atomic E-state index is 0.125. The van der Waals surface area contributed by atoms with Crippen LogP contribution in [0.2, 0.25) is 0 Å². The zero-order chi connectivity index (χ0) is 18.6. The van der Waals surface area contributed by atoms with Gasteiger partial charge in [-0.25, -0.2) is 4.79 Å². The molecular formula is C20H25NO3S. The molecule has 2 aromatic rings. The molecule has 0 bridgehead atoms. The molecule has 0 aliphatic rings. The first-order valence-electron chi connectivity index (χ1n) is 8.41. The maximum Gasteiger partial charge on any atom is 0.341 e. The van der Waals surface area contributed by atoms with Crippen LogP contribution in [0.25, 0.3) is 0 Å². The molecule has 0 unspecified atom stereocenters. The predicted octanol–water partition coefficient (Wildman–Crippen LogP) is 5.06. The van der Waals surface area contributed by atoms with Crippen LogP contribution in [0.1, 0.15) is 61.3 Å². The number of carbonyl (C=O) groups is 2. The van der Waals surface area contributed by atoms with Crippen molar-refractivity contribution in [3.8, 4) is 0 Å². The highest BCUT2D eigenvalue weighted by molar-refractivity contribution is 7.16. The first-order chi connectivity index (χ1) is 11.7. The fourth-order valence-electron chi connectivity index (χ4n) is 2.27. The van der Waals surface area contributed by atoms with Crippen molar-refractivity contribution in [1.29, 1.82) is 0 Å². The van der Waals surface area contributed by atoms with E-state index in [4.69, 9.17) is 4.74 Å². The van der Waals surface area contributed by atoms with Gasteiger partial charge in [0.2, 0.25) is 5.91 Å². The van der Waals surface area contributed by atoms with Gasteiger partial charge < -0.3 is 10.1 Å². The molecule has 5 heteroatoms. The highest BCUT2D eigenvalue weighted by atomic mass is 32.1. The molecule has 0 aliphatic carbocycles. The molecule has 0 saturated carbocycles. The van der Waals surface area contributed by atoms with Crippen LogP contribution in [0.4, 0.5) is 5.00 Å². The Bertz CT molecular complexity index is 744. The standard InChI is InChI=1S/C20H25NO3S/c1-6-24-18(22)15-12-16(13(2)14-10-8-7-9-11-14)25-17(15)21-19(23)20(3,4)5/h7-13H,6H2,1-5H3,(H,21,23)/t13-/m0/s1. The summed E-state index contributed by atoms with van der Waals surface area (Å²) in [6.07, 6.45) is 0. The van der Waals surface area contributed by atoms with Crippen LogP contribution in [0.5, 0.6) is 0 Å². The van der Waals surface area contributed by atoms with Crippen molar-refractivity contribution < 1.29 is 14.3 Å². The van der Waals surface area contributed by atoms with E-state index in [-0.39, 0.29) is 11.8 Å². The summed E-state index contributed by atoms with van der Waals surface area (Å²) in [6.45, 7) is 9.68. The average Bonchev–Trinajstić information content (AvgIpc) is 2.98. The van der Waals surface area contributed by atoms with Crippen molar-refractivity contribution in [3.63, 3.8) is 0 Å². The van der Waals surface area contributed by atoms with Crippen LogP contribution < -0.4 is 5.32 Å². The van der Waals surface area contributed by atoms with Crippen LogP contribution in [-0.2, 0) is 9.53 Å². The Morgan fingerprint density at radius 1 is 1.20 bits per heavy atom. The number of esters is 1. The zero-order valence-corrected chi connectivity index (χ0v) is 16.2. The largest absolute Gasteiger partial charge is 0.462 e. The third-order valence-corrected chi connectivity index (χ3v) is 5.11. The highest BCUT2D eigenvalue weighted by Gasteiger charge is 2.26. The molecule has 1 aromatic carbocycles. The molecule has 0 fully saturated rings. The van der Waals surface area contributed by atoms with Gasteiger partial charge in [-0.3, -0.25) is 4.79 Å². The number of thiophene rings is 1. The predicted molar refractivity (Wildman–Crippen MR) is 102 cm³/mol. The quantitative estimate of drug-likeness (QED) is 0.759. The number of anilines is 1. The van der Waals surface area contributed by atoms with E-state index >= 15 is 0 Å². The maximum atomic E-state index is 12.4. The monoisotopic (exact) mass is 359 g/mol. The van der Waals surface area contributed by atoms with Crippen LogP contribution in [0, 0.1) is 5.41 Å². The van der Waals surface area contributed by atoms with Gasteiger partial charge in [0.05, 0.1) is 12.2 Å². The third-order valence-electron chi connectivity index (χ3n) is 3.88. The van der Waals surface area contributed by atoms with E-state index < -0.39 is 11.4 Å². The smallest absolute Gasteiger partial charge is 0.341 e. The molecule has 2 rings (SSSR count). The van der Waals surface area contributed by atoms with Crippen LogP contribution in [0.15, 0.2) is 36.4 Å². The topological polar surface area (TPSA) is 55.4 Å². The van der Waals surface area contributed by atoms with E-state index in [0.29, 0.717) is 17.2 Å². The Morgan fingerprint density at radius 3 is 2.40 bits per heavy atom. The van der Waals surface area contributed by atoms with Gasteiger partial charge in [-0.2, -0.15) is 0 Å². The number of rotatable bonds is 5. The molecule has 1 atom stereocenters. The zero-order valence-electron chi connectivity index (χ0n) is 15.4. The molecule has 25 heavy (non-hydrogen) atoms. The maximum absolute atomic E-state index is 12.4. The number of benzene rings is 1. The van der Waals surface area contributed by atoms with Crippen molar-refractivity contribution in [2.45, 2.75) is 40.5 Å². The molecule has 1 amide bonds. The van der Waals surface area contributed by atoms with E-state index in [1.165, 1.54) is 11.3 Å². The highest BCUT2D eigenvalue weighted by Crippen LogP contribution is 2.37. The lowest BCUT2D eigenvalue weighted by Crippen LogP contribution is -2.27. The van der Waals surface area contributed by atoms with Crippen LogP contribution >= 0.6 is 11.3 Å². The van der Waals surface area contributed by atoms with Gasteiger partial charge in [0.1, 0.15) is 5.00 Å². The van der Waals surface area contributed by atoms with E-state index in [9.17, 15) is 9.59 Å². The van der Waals surface area contributed by atoms with E-state index in [1.54, 1.807) is 6.92 Å². The third kappa shape index (κ3) is 4.69. The average molecular weight is 359 g/mol. The van der Waals surface area contributed by atoms with Gasteiger partial charge in [0.15, 0.2) is 0 Å². The van der Waals surface area contributed by atoms with Gasteiger partial charge in [-0.1, -0.05) is 58.0 Å². The van der Waals surface area contributed by atoms with E-state index in [0.717, 1.165) is 10.4 Å². The number of amides is 1. The lowest BCUT2D eigenvalue weighted by atomic mass is 9.96. The first kappa shape index (κ1) is 19.2. The summed E-state index contributed by atoms with van der Waals surface area (Å²) >= 11 is 1.43. The lowest BCUT2D eigenvalue weighted by molar-refractivity contribution is -0.123. The summed E-state index contributed by atoms with van der Waals surface area (Å²) in [5.74, 6) is -0.409. The minimum Gasteiger partial charge on any atom is -0.462 e. The number of hydrogen-bond donors (Lipinski definition) is 1. The molecule has 1 heterocycles. The summed E-state index contributed by atoms with van der Waals surface area (Å²) in [5.41, 5.74) is 1.04. The molecule has 0 radical (unpaired) electrons. The normalized spacial score (nSPS) is 12.5. The van der Waals surface area contributed by atoms with E-state index in [1.807, 2.05) is 45.0 Å². The second kappa shape index (κ2) is 7.83. The van der Waals surface area contributed by atoms with Gasteiger partial charge >= 0.3 is 5.97 Å². The number of hydrogen-bond acceptors (Lipinski definition) is 4. The molecule has 1 aromatic heterocycles. The minimum atomic E-state index is -0.541. The SMILES string of the molecule is CCOC(=O)c1cc([C@@H](C)c2ccccc2)sc1NC(=O)C(C)(C)C. The number of ether oxygens (including phenoxy) is 1. The summed E-state index contributed by atoms with van der Waals surface area (Å²) in [7, 11) is 0. The number of nitrogens with one attached hydrogen (secondary N) is 1. The second-order valence-corrected chi connectivity index (χ2v) is 8.03. The Kier molecular flexibility index (Phi) is 6.01. The Hall–Kier alpha value is -2.14. The van der Waals surface area contributed by atoms with Gasteiger partial charge in [0.25, 0.3) is 0 Å². The molecule has 134 valence electrons. The summed E-state index contributed by atoms with van der Waals surface area (Å²) in [6, 6.07) is 11.9. The summed E-state index contributed by atoms with van der Waals surface area (Å²) in [5, 5.41) is 3.45. The molecular weight excluding hydrogens is 334 g/mol. The summed E-state index contributed by atoms with van der Waals surface area (Å²) < 4.78 is 5.15. The number of carbonyl (C=O) groups excluding carboxylic acids is 2. The fourth-order valence-corrected chi connectivity index (χ4v) is 3.39.